The van der Waals surface area contributed by atoms with Gasteiger partial charge in [-0.15, -0.1) is 0 Å². The zero-order valence-electron chi connectivity index (χ0n) is 9.38. The molecule has 0 spiro atoms. The van der Waals surface area contributed by atoms with E-state index in [9.17, 15) is 14.9 Å². The number of anilines is 2. The Morgan fingerprint density at radius 2 is 2.11 bits per heavy atom. The molecule has 0 atom stereocenters. The second-order valence-electron chi connectivity index (χ2n) is 3.49. The van der Waals surface area contributed by atoms with E-state index in [2.05, 4.69) is 20.8 Å². The van der Waals surface area contributed by atoms with E-state index in [-0.39, 0.29) is 16.4 Å². The second-order valence-corrected chi connectivity index (χ2v) is 3.90. The summed E-state index contributed by atoms with van der Waals surface area (Å²) in [6.45, 7) is 0. The van der Waals surface area contributed by atoms with Crippen molar-refractivity contribution in [3.05, 3.63) is 45.7 Å². The Hall–Kier alpha value is -2.61. The Kier molecular flexibility index (Phi) is 3.62. The van der Waals surface area contributed by atoms with Crippen LogP contribution in [0.3, 0.4) is 0 Å². The highest BCUT2D eigenvalue weighted by Gasteiger charge is 2.13. The quantitative estimate of drug-likeness (QED) is 0.592. The van der Waals surface area contributed by atoms with E-state index < -0.39 is 11.0 Å². The number of carbonyl (C=O) groups is 1. The average Bonchev–Trinajstić information content (AvgIpc) is 2.84. The number of amides is 2. The van der Waals surface area contributed by atoms with E-state index in [1.54, 1.807) is 0 Å². The van der Waals surface area contributed by atoms with Crippen LogP contribution in [0.2, 0.25) is 5.02 Å². The maximum Gasteiger partial charge on any atom is 0.323 e. The van der Waals surface area contributed by atoms with Gasteiger partial charge in [0.2, 0.25) is 0 Å². The lowest BCUT2D eigenvalue weighted by Gasteiger charge is -2.06. The molecule has 0 aliphatic carbocycles. The molecule has 0 saturated heterocycles. The number of nitro benzene ring substituents is 1. The van der Waals surface area contributed by atoms with Gasteiger partial charge in [-0.25, -0.2) is 4.79 Å². The topological polar surface area (TPSA) is 113 Å². The number of hydrogen-bond acceptors (Lipinski definition) is 4. The number of aromatic amines is 1. The third kappa shape index (κ3) is 3.19. The van der Waals surface area contributed by atoms with Crippen molar-refractivity contribution in [2.75, 3.05) is 10.6 Å². The molecule has 2 amide bonds. The van der Waals surface area contributed by atoms with Crippen molar-refractivity contribution >= 4 is 34.7 Å². The third-order valence-electron chi connectivity index (χ3n) is 2.16. The van der Waals surface area contributed by atoms with Gasteiger partial charge in [0.05, 0.1) is 16.8 Å². The predicted molar refractivity (Wildman–Crippen MR) is 69.3 cm³/mol. The zero-order chi connectivity index (χ0) is 13.8. The van der Waals surface area contributed by atoms with Crippen LogP contribution >= 0.6 is 11.6 Å². The summed E-state index contributed by atoms with van der Waals surface area (Å²) < 4.78 is 0. The maximum atomic E-state index is 11.6. The lowest BCUT2D eigenvalue weighted by Crippen LogP contribution is -2.19. The molecule has 2 aromatic rings. The summed E-state index contributed by atoms with van der Waals surface area (Å²) in [5.74, 6) is 0. The molecule has 0 bridgehead atoms. The summed E-state index contributed by atoms with van der Waals surface area (Å²) in [4.78, 5) is 21.7. The van der Waals surface area contributed by atoms with Crippen LogP contribution in [-0.2, 0) is 0 Å². The van der Waals surface area contributed by atoms with Crippen molar-refractivity contribution in [3.63, 3.8) is 0 Å². The van der Waals surface area contributed by atoms with Crippen molar-refractivity contribution in [1.82, 2.24) is 10.2 Å². The van der Waals surface area contributed by atoms with Crippen molar-refractivity contribution in [3.8, 4) is 0 Å². The number of nitro groups is 1. The first-order valence-electron chi connectivity index (χ1n) is 5.07. The SMILES string of the molecule is O=C(Nc1cn[nH]c1)Nc1ccc(Cl)c([N+](=O)[O-])c1. The van der Waals surface area contributed by atoms with Gasteiger partial charge in [0, 0.05) is 18.0 Å². The van der Waals surface area contributed by atoms with Crippen LogP contribution in [0.5, 0.6) is 0 Å². The fraction of sp³-hybridized carbons (Fsp3) is 0. The molecule has 3 N–H and O–H groups in total. The maximum absolute atomic E-state index is 11.6. The fourth-order valence-corrected chi connectivity index (χ4v) is 1.53. The normalized spacial score (nSPS) is 9.95. The number of aromatic nitrogens is 2. The monoisotopic (exact) mass is 281 g/mol. The summed E-state index contributed by atoms with van der Waals surface area (Å²) in [5, 5.41) is 21.8. The minimum atomic E-state index is -0.624. The van der Waals surface area contributed by atoms with Crippen LogP contribution in [0.15, 0.2) is 30.6 Å². The van der Waals surface area contributed by atoms with Gasteiger partial charge in [-0.3, -0.25) is 15.2 Å². The van der Waals surface area contributed by atoms with Crippen LogP contribution in [0.25, 0.3) is 0 Å². The summed E-state index contributed by atoms with van der Waals surface area (Å²) >= 11 is 5.66. The van der Waals surface area contributed by atoms with Gasteiger partial charge in [-0.2, -0.15) is 5.10 Å². The van der Waals surface area contributed by atoms with Crippen LogP contribution < -0.4 is 10.6 Å². The van der Waals surface area contributed by atoms with E-state index in [4.69, 9.17) is 11.6 Å². The number of nitrogens with zero attached hydrogens (tertiary/aromatic N) is 2. The minimum Gasteiger partial charge on any atom is -0.307 e. The molecule has 0 aliphatic rings. The van der Waals surface area contributed by atoms with E-state index in [1.807, 2.05) is 0 Å². The summed E-state index contributed by atoms with van der Waals surface area (Å²) in [5.41, 5.74) is 0.459. The smallest absolute Gasteiger partial charge is 0.307 e. The fourth-order valence-electron chi connectivity index (χ4n) is 1.34. The first kappa shape index (κ1) is 12.8. The first-order valence-corrected chi connectivity index (χ1v) is 5.45. The van der Waals surface area contributed by atoms with Gasteiger partial charge in [0.25, 0.3) is 5.69 Å². The minimum absolute atomic E-state index is 0.00536. The highest BCUT2D eigenvalue weighted by molar-refractivity contribution is 6.32. The molecule has 9 heteroatoms. The molecule has 1 aromatic heterocycles. The molecule has 19 heavy (non-hydrogen) atoms. The van der Waals surface area contributed by atoms with Crippen LogP contribution in [0.4, 0.5) is 21.9 Å². The molecule has 1 heterocycles. The number of halogens is 1. The molecule has 0 fully saturated rings. The van der Waals surface area contributed by atoms with Crippen molar-refractivity contribution in [2.45, 2.75) is 0 Å². The molecule has 0 unspecified atom stereocenters. The van der Waals surface area contributed by atoms with E-state index in [0.29, 0.717) is 5.69 Å². The highest BCUT2D eigenvalue weighted by atomic mass is 35.5. The van der Waals surface area contributed by atoms with Crippen LogP contribution in [0, 0.1) is 10.1 Å². The molecule has 0 saturated carbocycles. The average molecular weight is 282 g/mol. The number of urea groups is 1. The van der Waals surface area contributed by atoms with E-state index >= 15 is 0 Å². The Morgan fingerprint density at radius 3 is 2.74 bits per heavy atom. The van der Waals surface area contributed by atoms with Gasteiger partial charge in [0.1, 0.15) is 5.02 Å². The largest absolute Gasteiger partial charge is 0.323 e. The van der Waals surface area contributed by atoms with Gasteiger partial charge in [-0.1, -0.05) is 11.6 Å². The number of nitrogens with one attached hydrogen (secondary N) is 3. The lowest BCUT2D eigenvalue weighted by molar-refractivity contribution is -0.384. The molecular formula is C10H8ClN5O3. The molecule has 8 nitrogen and oxygen atoms in total. The molecule has 0 aliphatic heterocycles. The molecule has 0 radical (unpaired) electrons. The Labute approximate surface area is 111 Å². The number of benzene rings is 1. The first-order chi connectivity index (χ1) is 9.06. The number of H-pyrrole nitrogens is 1. The number of hydrogen-bond donors (Lipinski definition) is 3. The molecule has 2 rings (SSSR count). The van der Waals surface area contributed by atoms with Crippen LogP contribution in [0.1, 0.15) is 0 Å². The number of rotatable bonds is 3. The molecule has 1 aromatic carbocycles. The summed E-state index contributed by atoms with van der Waals surface area (Å²) in [6.07, 6.45) is 2.91. The third-order valence-corrected chi connectivity index (χ3v) is 2.48. The predicted octanol–water partition coefficient (Wildman–Crippen LogP) is 2.62. The molecule has 98 valence electrons. The highest BCUT2D eigenvalue weighted by Crippen LogP contribution is 2.27. The van der Waals surface area contributed by atoms with Gasteiger partial charge in [-0.05, 0) is 12.1 Å². The summed E-state index contributed by atoms with van der Waals surface area (Å²) in [6, 6.07) is 3.44. The van der Waals surface area contributed by atoms with Gasteiger partial charge < -0.3 is 10.6 Å². The van der Waals surface area contributed by atoms with Crippen molar-refractivity contribution in [1.29, 1.82) is 0 Å². The summed E-state index contributed by atoms with van der Waals surface area (Å²) in [7, 11) is 0. The van der Waals surface area contributed by atoms with E-state index in [0.717, 1.165) is 0 Å². The number of carbonyl (C=O) groups excluding carboxylic acids is 1. The Morgan fingerprint density at radius 1 is 1.37 bits per heavy atom. The van der Waals surface area contributed by atoms with Crippen molar-refractivity contribution in [2.24, 2.45) is 0 Å². The van der Waals surface area contributed by atoms with Crippen molar-refractivity contribution < 1.29 is 9.72 Å². The van der Waals surface area contributed by atoms with Gasteiger partial charge >= 0.3 is 6.03 Å². The standard InChI is InChI=1S/C10H8ClN5O3/c11-8-2-1-6(3-9(8)16(18)19)14-10(17)15-7-4-12-13-5-7/h1-5H,(H,12,13)(H2,14,15,17). The Bertz CT molecular complexity index is 614. The Balaban J connectivity index is 2.09. The second kappa shape index (κ2) is 5.36. The van der Waals surface area contributed by atoms with Gasteiger partial charge in [0.15, 0.2) is 0 Å². The van der Waals surface area contributed by atoms with E-state index in [1.165, 1.54) is 30.6 Å². The lowest BCUT2D eigenvalue weighted by atomic mass is 10.3. The van der Waals surface area contributed by atoms with Crippen LogP contribution in [-0.4, -0.2) is 21.2 Å². The zero-order valence-corrected chi connectivity index (χ0v) is 10.1. The molecular weight excluding hydrogens is 274 g/mol.